The van der Waals surface area contributed by atoms with Crippen molar-refractivity contribution in [2.45, 2.75) is 26.7 Å². The van der Waals surface area contributed by atoms with Gasteiger partial charge in [-0.1, -0.05) is 0 Å². The van der Waals surface area contributed by atoms with Crippen LogP contribution >= 0.6 is 12.4 Å². The fourth-order valence-electron chi connectivity index (χ4n) is 0.680. The van der Waals surface area contributed by atoms with Crippen molar-refractivity contribution in [1.29, 1.82) is 0 Å². The molecule has 2 aliphatic rings. The van der Waals surface area contributed by atoms with Crippen LogP contribution in [0.5, 0.6) is 0 Å². The number of hydrogen-bond donors (Lipinski definition) is 0. The molecule has 0 aromatic heterocycles. The normalized spacial score (nSPS) is 12.9. The Hall–Kier alpha value is -0.0357. The zero-order valence-electron chi connectivity index (χ0n) is 9.36. The van der Waals surface area contributed by atoms with Gasteiger partial charge in [0.05, 0.1) is 0 Å². The molecule has 0 fully saturated rings. The Balaban J connectivity index is -0.000000140. The average Bonchev–Trinajstić information content (AvgIpc) is 2.85. The Morgan fingerprint density at radius 1 is 0.933 bits per heavy atom. The van der Waals surface area contributed by atoms with E-state index in [0.717, 1.165) is 12.8 Å². The molecule has 0 unspecified atom stereocenters. The summed E-state index contributed by atoms with van der Waals surface area (Å²) in [5.74, 6) is 0. The fourth-order valence-corrected chi connectivity index (χ4v) is 0.680. The maximum Gasteiger partial charge on any atom is 3.00 e. The first kappa shape index (κ1) is 20.4. The second-order valence-electron chi connectivity index (χ2n) is 2.58. The molecule has 2 rings (SSSR count). The molecular formula is C13H18ClTi. The van der Waals surface area contributed by atoms with Crippen LogP contribution in [0.2, 0.25) is 0 Å². The molecule has 81 valence electrons. The standard InChI is InChI=1S/2C5H5.C3H7.ClH.Ti/c2*1-2-4-5-3-1;1-3-2;;/h2*1-3H,4H2;3H,1-2H3;1H;/q3*-1;;+3. The number of allylic oxidation sites excluding steroid dienone is 8. The van der Waals surface area contributed by atoms with E-state index in [1.54, 1.807) is 0 Å². The smallest absolute Gasteiger partial charge is 0.335 e. The van der Waals surface area contributed by atoms with Crippen LogP contribution in [0.1, 0.15) is 26.7 Å². The zero-order valence-corrected chi connectivity index (χ0v) is 11.7. The Labute approximate surface area is 116 Å². The SMILES string of the molecule is C[CH-]C.Cl.[C-]1=CC=CC1.[C-]1=CC=CC1.[Ti+3]. The van der Waals surface area contributed by atoms with Crippen molar-refractivity contribution in [2.75, 3.05) is 0 Å². The molecule has 0 spiro atoms. The van der Waals surface area contributed by atoms with Gasteiger partial charge in [-0.3, -0.25) is 12.2 Å². The van der Waals surface area contributed by atoms with E-state index in [0.29, 0.717) is 0 Å². The molecule has 0 amide bonds. The molecule has 0 saturated heterocycles. The Bertz CT molecular complexity index is 161. The first-order chi connectivity index (χ1) is 6.41. The van der Waals surface area contributed by atoms with Crippen molar-refractivity contribution in [2.24, 2.45) is 0 Å². The third-order valence-corrected chi connectivity index (χ3v) is 1.17. The maximum absolute atomic E-state index is 2.99. The summed E-state index contributed by atoms with van der Waals surface area (Å²) in [6.07, 6.45) is 22.0. The van der Waals surface area contributed by atoms with E-state index in [4.69, 9.17) is 0 Å². The van der Waals surface area contributed by atoms with Gasteiger partial charge in [-0.2, -0.15) is 26.0 Å². The second-order valence-corrected chi connectivity index (χ2v) is 2.58. The molecule has 2 aliphatic carbocycles. The summed E-state index contributed by atoms with van der Waals surface area (Å²) in [4.78, 5) is 0. The number of hydrogen-bond acceptors (Lipinski definition) is 0. The van der Waals surface area contributed by atoms with Crippen LogP contribution in [0, 0.1) is 18.6 Å². The van der Waals surface area contributed by atoms with E-state index < -0.39 is 0 Å². The van der Waals surface area contributed by atoms with Crippen molar-refractivity contribution in [1.82, 2.24) is 0 Å². The predicted octanol–water partition coefficient (Wildman–Crippen LogP) is 4.26. The van der Waals surface area contributed by atoms with Gasteiger partial charge < -0.3 is 6.42 Å². The minimum absolute atomic E-state index is 0. The summed E-state index contributed by atoms with van der Waals surface area (Å²) >= 11 is 0. The molecule has 0 bridgehead atoms. The molecule has 1 radical (unpaired) electrons. The van der Waals surface area contributed by atoms with Crippen LogP contribution in [0.15, 0.2) is 36.5 Å². The van der Waals surface area contributed by atoms with Gasteiger partial charge in [0.15, 0.2) is 0 Å². The molecule has 0 N–H and O–H groups in total. The molecule has 0 heterocycles. The summed E-state index contributed by atoms with van der Waals surface area (Å²) in [6, 6.07) is 0. The van der Waals surface area contributed by atoms with Crippen LogP contribution in [0.25, 0.3) is 0 Å². The van der Waals surface area contributed by atoms with Crippen molar-refractivity contribution in [3.05, 3.63) is 55.0 Å². The van der Waals surface area contributed by atoms with E-state index in [9.17, 15) is 0 Å². The van der Waals surface area contributed by atoms with Crippen molar-refractivity contribution >= 4 is 12.4 Å². The summed E-state index contributed by atoms with van der Waals surface area (Å²) in [7, 11) is 0. The third kappa shape index (κ3) is 20.1. The third-order valence-electron chi connectivity index (χ3n) is 1.17. The number of halogens is 1. The van der Waals surface area contributed by atoms with E-state index in [1.165, 1.54) is 0 Å². The van der Waals surface area contributed by atoms with Gasteiger partial charge in [0.2, 0.25) is 0 Å². The summed E-state index contributed by atoms with van der Waals surface area (Å²) < 4.78 is 0. The quantitative estimate of drug-likeness (QED) is 0.449. The van der Waals surface area contributed by atoms with Gasteiger partial charge in [-0.05, 0) is 0 Å². The van der Waals surface area contributed by atoms with Gasteiger partial charge >= 0.3 is 21.7 Å². The predicted molar refractivity (Wildman–Crippen MR) is 66.0 cm³/mol. The Morgan fingerprint density at radius 2 is 1.27 bits per heavy atom. The fraction of sp³-hybridized carbons (Fsp3) is 0.308. The molecule has 0 aromatic carbocycles. The van der Waals surface area contributed by atoms with Crippen LogP contribution in [-0.2, 0) is 21.7 Å². The second kappa shape index (κ2) is 19.5. The Morgan fingerprint density at radius 3 is 1.33 bits per heavy atom. The topological polar surface area (TPSA) is 0 Å². The van der Waals surface area contributed by atoms with Gasteiger partial charge in [0, 0.05) is 0 Å². The first-order valence-corrected chi connectivity index (χ1v) is 4.59. The Kier molecular flexibility index (Phi) is 26.5. The largest absolute Gasteiger partial charge is 3.00 e. The van der Waals surface area contributed by atoms with Crippen molar-refractivity contribution in [3.63, 3.8) is 0 Å². The van der Waals surface area contributed by atoms with Gasteiger partial charge in [0.25, 0.3) is 0 Å². The van der Waals surface area contributed by atoms with Crippen LogP contribution in [0.4, 0.5) is 0 Å². The van der Waals surface area contributed by atoms with E-state index in [2.05, 4.69) is 24.3 Å². The first-order valence-electron chi connectivity index (χ1n) is 4.59. The molecule has 0 atom stereocenters. The van der Waals surface area contributed by atoms with Crippen LogP contribution in [-0.4, -0.2) is 0 Å². The molecule has 0 nitrogen and oxygen atoms in total. The molecule has 2 heteroatoms. The zero-order chi connectivity index (χ0) is 9.78. The minimum Gasteiger partial charge on any atom is -0.335 e. The minimum atomic E-state index is 0. The van der Waals surface area contributed by atoms with E-state index >= 15 is 0 Å². The maximum atomic E-state index is 2.99. The summed E-state index contributed by atoms with van der Waals surface area (Å²) in [5.41, 5.74) is 0. The van der Waals surface area contributed by atoms with Gasteiger partial charge in [-0.25, -0.2) is 24.3 Å². The van der Waals surface area contributed by atoms with Crippen LogP contribution in [0.3, 0.4) is 0 Å². The average molecular weight is 258 g/mol. The molecule has 0 aliphatic heterocycles. The number of rotatable bonds is 0. The molecule has 0 aromatic rings. The summed E-state index contributed by atoms with van der Waals surface area (Å²) in [5, 5.41) is 0. The molecule has 0 saturated carbocycles. The molecule has 15 heavy (non-hydrogen) atoms. The molecular weight excluding hydrogens is 239 g/mol. The van der Waals surface area contributed by atoms with Gasteiger partial charge in [0.1, 0.15) is 0 Å². The van der Waals surface area contributed by atoms with E-state index in [-0.39, 0.29) is 34.1 Å². The van der Waals surface area contributed by atoms with Crippen molar-refractivity contribution < 1.29 is 21.7 Å². The van der Waals surface area contributed by atoms with E-state index in [1.807, 2.05) is 44.6 Å². The summed E-state index contributed by atoms with van der Waals surface area (Å²) in [6.45, 7) is 4.00. The van der Waals surface area contributed by atoms with Crippen molar-refractivity contribution in [3.8, 4) is 0 Å². The monoisotopic (exact) mass is 257 g/mol. The van der Waals surface area contributed by atoms with Gasteiger partial charge in [-0.15, -0.1) is 25.2 Å². The van der Waals surface area contributed by atoms with Crippen LogP contribution < -0.4 is 0 Å².